The first-order valence-corrected chi connectivity index (χ1v) is 9.97. The van der Waals surface area contributed by atoms with Crippen LogP contribution < -0.4 is 19.7 Å². The highest BCUT2D eigenvalue weighted by molar-refractivity contribution is 7.92. The molecule has 0 atom stereocenters. The van der Waals surface area contributed by atoms with Crippen LogP contribution in [0.1, 0.15) is 27.7 Å². The summed E-state index contributed by atoms with van der Waals surface area (Å²) < 4.78 is 31.5. The minimum absolute atomic E-state index is 0.0468. The summed E-state index contributed by atoms with van der Waals surface area (Å²) in [6.07, 6.45) is 0.0558. The molecule has 8 heteroatoms. The summed E-state index contributed by atoms with van der Waals surface area (Å²) in [5, 5.41) is 5.23. The number of rotatable bonds is 9. The molecule has 0 spiro atoms. The van der Waals surface area contributed by atoms with Crippen molar-refractivity contribution in [3.63, 3.8) is 0 Å². The van der Waals surface area contributed by atoms with Gasteiger partial charge in [0.1, 0.15) is 5.75 Å². The average Bonchev–Trinajstić information content (AvgIpc) is 2.52. The maximum atomic E-state index is 12.4. The third-order valence-corrected chi connectivity index (χ3v) is 5.07. The highest BCUT2D eigenvalue weighted by Crippen LogP contribution is 2.21. The maximum Gasteiger partial charge on any atom is 0.314 e. The SMILES string of the molecule is CC(C)CNC(=O)NCCS(=O)(=O)N(C)c1ccc(OC(C)C)cc1. The first-order valence-electron chi connectivity index (χ1n) is 8.37. The zero-order valence-corrected chi connectivity index (χ0v) is 16.4. The predicted octanol–water partition coefficient (Wildman–Crippen LogP) is 2.19. The summed E-state index contributed by atoms with van der Waals surface area (Å²) in [7, 11) is -2.03. The van der Waals surface area contributed by atoms with Crippen LogP contribution in [-0.4, -0.2) is 46.4 Å². The second-order valence-corrected chi connectivity index (χ2v) is 8.59. The molecule has 1 aromatic carbocycles. The smallest absolute Gasteiger partial charge is 0.314 e. The fourth-order valence-electron chi connectivity index (χ4n) is 1.96. The fraction of sp³-hybridized carbons (Fsp3) is 0.588. The van der Waals surface area contributed by atoms with Crippen LogP contribution in [0.2, 0.25) is 0 Å². The second-order valence-electron chi connectivity index (χ2n) is 6.47. The number of hydrogen-bond acceptors (Lipinski definition) is 4. The average molecular weight is 372 g/mol. The van der Waals surface area contributed by atoms with Gasteiger partial charge >= 0.3 is 6.03 Å². The van der Waals surface area contributed by atoms with Crippen molar-refractivity contribution in [2.75, 3.05) is 30.2 Å². The Hall–Kier alpha value is -1.96. The van der Waals surface area contributed by atoms with E-state index < -0.39 is 10.0 Å². The number of sulfonamides is 1. The van der Waals surface area contributed by atoms with Gasteiger partial charge in [-0.25, -0.2) is 13.2 Å². The van der Waals surface area contributed by atoms with Gasteiger partial charge in [-0.3, -0.25) is 4.31 Å². The molecule has 142 valence electrons. The molecular formula is C17H29N3O4S. The lowest BCUT2D eigenvalue weighted by Gasteiger charge is -2.20. The van der Waals surface area contributed by atoms with Crippen LogP contribution in [0.15, 0.2) is 24.3 Å². The number of benzene rings is 1. The van der Waals surface area contributed by atoms with Gasteiger partial charge in [-0.15, -0.1) is 0 Å². The minimum Gasteiger partial charge on any atom is -0.491 e. The van der Waals surface area contributed by atoms with E-state index in [-0.39, 0.29) is 24.4 Å². The quantitative estimate of drug-likeness (QED) is 0.696. The van der Waals surface area contributed by atoms with E-state index in [0.29, 0.717) is 23.9 Å². The lowest BCUT2D eigenvalue weighted by Crippen LogP contribution is -2.41. The standard InChI is InChI=1S/C17H29N3O4S/c1-13(2)12-19-17(21)18-10-11-25(22,23)20(5)15-6-8-16(9-7-15)24-14(3)4/h6-9,13-14H,10-12H2,1-5H3,(H2,18,19,21). The van der Waals surface area contributed by atoms with Gasteiger partial charge in [0.2, 0.25) is 10.0 Å². The number of nitrogens with one attached hydrogen (secondary N) is 2. The molecule has 2 N–H and O–H groups in total. The lowest BCUT2D eigenvalue weighted by atomic mass is 10.2. The van der Waals surface area contributed by atoms with E-state index in [4.69, 9.17) is 4.74 Å². The minimum atomic E-state index is -3.53. The van der Waals surface area contributed by atoms with Gasteiger partial charge in [0.05, 0.1) is 17.5 Å². The Morgan fingerprint density at radius 2 is 1.72 bits per heavy atom. The zero-order valence-electron chi connectivity index (χ0n) is 15.6. The van der Waals surface area contributed by atoms with E-state index in [0.717, 1.165) is 0 Å². The molecule has 0 aliphatic rings. The molecule has 0 heterocycles. The molecule has 0 bridgehead atoms. The Labute approximate surface area is 150 Å². The van der Waals surface area contributed by atoms with Crippen LogP contribution in [0.4, 0.5) is 10.5 Å². The largest absolute Gasteiger partial charge is 0.491 e. The number of nitrogens with zero attached hydrogens (tertiary/aromatic N) is 1. The van der Waals surface area contributed by atoms with Crippen LogP contribution >= 0.6 is 0 Å². The van der Waals surface area contributed by atoms with E-state index in [1.807, 2.05) is 27.7 Å². The monoisotopic (exact) mass is 371 g/mol. The van der Waals surface area contributed by atoms with Crippen molar-refractivity contribution in [3.8, 4) is 5.75 Å². The van der Waals surface area contributed by atoms with Gasteiger partial charge in [0.15, 0.2) is 0 Å². The first-order chi connectivity index (χ1) is 11.6. The molecule has 0 aromatic heterocycles. The molecule has 1 aromatic rings. The van der Waals surface area contributed by atoms with Gasteiger partial charge < -0.3 is 15.4 Å². The molecule has 7 nitrogen and oxygen atoms in total. The van der Waals surface area contributed by atoms with Crippen molar-refractivity contribution in [2.45, 2.75) is 33.8 Å². The molecule has 2 amide bonds. The highest BCUT2D eigenvalue weighted by atomic mass is 32.2. The van der Waals surface area contributed by atoms with Gasteiger partial charge in [0, 0.05) is 20.1 Å². The molecule has 0 unspecified atom stereocenters. The Morgan fingerprint density at radius 3 is 2.24 bits per heavy atom. The van der Waals surface area contributed by atoms with Crippen molar-refractivity contribution >= 4 is 21.7 Å². The number of anilines is 1. The summed E-state index contributed by atoms with van der Waals surface area (Å²) in [4.78, 5) is 11.6. The number of ether oxygens (including phenoxy) is 1. The fourth-order valence-corrected chi connectivity index (χ4v) is 3.03. The van der Waals surface area contributed by atoms with E-state index in [1.165, 1.54) is 11.4 Å². The summed E-state index contributed by atoms with van der Waals surface area (Å²) in [6.45, 7) is 8.41. The van der Waals surface area contributed by atoms with Crippen molar-refractivity contribution in [1.82, 2.24) is 10.6 Å². The van der Waals surface area contributed by atoms with Crippen molar-refractivity contribution in [2.24, 2.45) is 5.92 Å². The van der Waals surface area contributed by atoms with Gasteiger partial charge in [0.25, 0.3) is 0 Å². The number of carbonyl (C=O) groups excluding carboxylic acids is 1. The van der Waals surface area contributed by atoms with Crippen LogP contribution in [0.3, 0.4) is 0 Å². The predicted molar refractivity (Wildman–Crippen MR) is 101 cm³/mol. The number of hydrogen-bond donors (Lipinski definition) is 2. The Morgan fingerprint density at radius 1 is 1.12 bits per heavy atom. The van der Waals surface area contributed by atoms with Crippen LogP contribution in [0.25, 0.3) is 0 Å². The van der Waals surface area contributed by atoms with E-state index in [2.05, 4.69) is 10.6 Å². The van der Waals surface area contributed by atoms with E-state index in [9.17, 15) is 13.2 Å². The normalized spacial score (nSPS) is 11.5. The topological polar surface area (TPSA) is 87.7 Å². The Balaban J connectivity index is 2.55. The van der Waals surface area contributed by atoms with Crippen LogP contribution in [-0.2, 0) is 10.0 Å². The molecule has 0 aliphatic heterocycles. The third-order valence-electron chi connectivity index (χ3n) is 3.31. The van der Waals surface area contributed by atoms with Gasteiger partial charge in [-0.1, -0.05) is 13.8 Å². The second kappa shape index (κ2) is 9.50. The third kappa shape index (κ3) is 7.64. The molecular weight excluding hydrogens is 342 g/mol. The number of carbonyl (C=O) groups is 1. The number of urea groups is 1. The molecule has 0 fully saturated rings. The molecule has 25 heavy (non-hydrogen) atoms. The summed E-state index contributed by atoms with van der Waals surface area (Å²) in [5.74, 6) is 0.847. The lowest BCUT2D eigenvalue weighted by molar-refractivity contribution is 0.240. The van der Waals surface area contributed by atoms with Crippen molar-refractivity contribution in [1.29, 1.82) is 0 Å². The first kappa shape index (κ1) is 21.1. The van der Waals surface area contributed by atoms with Crippen molar-refractivity contribution < 1.29 is 17.9 Å². The van der Waals surface area contributed by atoms with Crippen LogP contribution in [0.5, 0.6) is 5.75 Å². The maximum absolute atomic E-state index is 12.4. The van der Waals surface area contributed by atoms with E-state index >= 15 is 0 Å². The molecule has 0 saturated heterocycles. The van der Waals surface area contributed by atoms with Gasteiger partial charge in [-0.2, -0.15) is 0 Å². The Bertz CT molecular complexity index is 642. The number of amides is 2. The summed E-state index contributed by atoms with van der Waals surface area (Å²) in [6, 6.07) is 6.50. The van der Waals surface area contributed by atoms with Gasteiger partial charge in [-0.05, 0) is 44.0 Å². The molecule has 0 saturated carbocycles. The van der Waals surface area contributed by atoms with Crippen LogP contribution in [0, 0.1) is 5.92 Å². The summed E-state index contributed by atoms with van der Waals surface area (Å²) in [5.41, 5.74) is 0.542. The Kier molecular flexibility index (Phi) is 8.02. The summed E-state index contributed by atoms with van der Waals surface area (Å²) >= 11 is 0. The molecule has 0 radical (unpaired) electrons. The van der Waals surface area contributed by atoms with E-state index in [1.54, 1.807) is 24.3 Å². The molecule has 0 aliphatic carbocycles. The van der Waals surface area contributed by atoms with Crippen molar-refractivity contribution in [3.05, 3.63) is 24.3 Å². The zero-order chi connectivity index (χ0) is 19.0. The highest BCUT2D eigenvalue weighted by Gasteiger charge is 2.18. The molecule has 1 rings (SSSR count).